The maximum Gasteiger partial charge on any atom is 0.188 e. The first kappa shape index (κ1) is 13.8. The predicted molar refractivity (Wildman–Crippen MR) is 76.8 cm³/mol. The highest BCUT2D eigenvalue weighted by molar-refractivity contribution is 7.99. The molecule has 2 rings (SSSR count). The third kappa shape index (κ3) is 3.04. The predicted octanol–water partition coefficient (Wildman–Crippen LogP) is 3.09. The molecule has 18 heavy (non-hydrogen) atoms. The zero-order valence-corrected chi connectivity index (χ0v) is 12.5. The zero-order chi connectivity index (χ0) is 13.3. The molecule has 0 radical (unpaired) electrons. The van der Waals surface area contributed by atoms with E-state index in [4.69, 9.17) is 5.73 Å². The zero-order valence-electron chi connectivity index (χ0n) is 11.7. The lowest BCUT2D eigenvalue weighted by Gasteiger charge is -2.41. The molecule has 1 aliphatic carbocycles. The number of thioether (sulfide) groups is 1. The molecule has 0 aliphatic heterocycles. The van der Waals surface area contributed by atoms with Crippen LogP contribution in [-0.2, 0) is 0 Å². The fourth-order valence-corrected chi connectivity index (χ4v) is 4.09. The highest BCUT2D eigenvalue weighted by atomic mass is 32.2. The van der Waals surface area contributed by atoms with Gasteiger partial charge in [0.15, 0.2) is 5.16 Å². The van der Waals surface area contributed by atoms with Crippen LogP contribution < -0.4 is 5.73 Å². The molecule has 0 spiro atoms. The lowest BCUT2D eigenvalue weighted by Crippen LogP contribution is -2.48. The van der Waals surface area contributed by atoms with Crippen LogP contribution in [-0.4, -0.2) is 21.3 Å². The molecule has 1 aromatic heterocycles. The highest BCUT2D eigenvalue weighted by Crippen LogP contribution is 2.40. The fourth-order valence-electron chi connectivity index (χ4n) is 2.62. The summed E-state index contributed by atoms with van der Waals surface area (Å²) in [4.78, 5) is 9.01. The number of aryl methyl sites for hydroxylation is 2. The van der Waals surface area contributed by atoms with Crippen LogP contribution in [0.25, 0.3) is 0 Å². The summed E-state index contributed by atoms with van der Waals surface area (Å²) in [5, 5.41) is 1.32. The van der Waals surface area contributed by atoms with Gasteiger partial charge in [-0.2, -0.15) is 0 Å². The number of hydrogen-bond donors (Lipinski definition) is 1. The molecule has 0 amide bonds. The van der Waals surface area contributed by atoms with E-state index in [2.05, 4.69) is 23.8 Å². The van der Waals surface area contributed by atoms with Gasteiger partial charge in [0.05, 0.1) is 0 Å². The first-order chi connectivity index (χ1) is 8.38. The average Bonchev–Trinajstić information content (AvgIpc) is 2.23. The third-order valence-electron chi connectivity index (χ3n) is 3.83. The van der Waals surface area contributed by atoms with Gasteiger partial charge in [0.2, 0.25) is 0 Å². The lowest BCUT2D eigenvalue weighted by atomic mass is 9.73. The lowest BCUT2D eigenvalue weighted by molar-refractivity contribution is 0.208. The van der Waals surface area contributed by atoms with E-state index >= 15 is 0 Å². The Morgan fingerprint density at radius 2 is 1.89 bits per heavy atom. The van der Waals surface area contributed by atoms with Crippen LogP contribution in [0.3, 0.4) is 0 Å². The van der Waals surface area contributed by atoms with Gasteiger partial charge < -0.3 is 5.73 Å². The molecule has 1 heterocycles. The van der Waals surface area contributed by atoms with E-state index in [-0.39, 0.29) is 11.5 Å². The fraction of sp³-hybridized carbons (Fsp3) is 0.714. The molecule has 1 fully saturated rings. The molecular formula is C14H23N3S. The SMILES string of the molecule is Cc1cc(C)nc(SC2CCCC(C)(C)C2N)n1. The molecule has 1 aliphatic rings. The van der Waals surface area contributed by atoms with Gasteiger partial charge in [-0.25, -0.2) is 9.97 Å². The molecule has 4 heteroatoms. The number of aromatic nitrogens is 2. The quantitative estimate of drug-likeness (QED) is 0.835. The van der Waals surface area contributed by atoms with Crippen LogP contribution in [0.15, 0.2) is 11.2 Å². The van der Waals surface area contributed by atoms with E-state index in [1.807, 2.05) is 19.9 Å². The topological polar surface area (TPSA) is 51.8 Å². The van der Waals surface area contributed by atoms with Gasteiger partial charge in [-0.05, 0) is 38.2 Å². The first-order valence-corrected chi connectivity index (χ1v) is 7.51. The van der Waals surface area contributed by atoms with E-state index < -0.39 is 0 Å². The van der Waals surface area contributed by atoms with Crippen molar-refractivity contribution in [1.82, 2.24) is 9.97 Å². The summed E-state index contributed by atoms with van der Waals surface area (Å²) in [6.45, 7) is 8.58. The number of nitrogens with zero attached hydrogens (tertiary/aromatic N) is 2. The van der Waals surface area contributed by atoms with Crippen LogP contribution in [0.4, 0.5) is 0 Å². The average molecular weight is 265 g/mol. The van der Waals surface area contributed by atoms with Gasteiger partial charge in [-0.3, -0.25) is 0 Å². The number of nitrogens with two attached hydrogens (primary N) is 1. The Balaban J connectivity index is 2.13. The van der Waals surface area contributed by atoms with Crippen LogP contribution in [0, 0.1) is 19.3 Å². The van der Waals surface area contributed by atoms with E-state index in [0.29, 0.717) is 5.25 Å². The summed E-state index contributed by atoms with van der Waals surface area (Å²) in [6.07, 6.45) is 3.65. The normalized spacial score (nSPS) is 27.2. The van der Waals surface area contributed by atoms with Crippen molar-refractivity contribution in [3.05, 3.63) is 17.5 Å². The Kier molecular flexibility index (Phi) is 3.97. The Bertz CT molecular complexity index is 411. The second kappa shape index (κ2) is 5.17. The second-order valence-electron chi connectivity index (χ2n) is 6.00. The first-order valence-electron chi connectivity index (χ1n) is 6.63. The molecule has 2 unspecified atom stereocenters. The molecule has 1 aromatic rings. The Hall–Kier alpha value is -0.610. The molecular weight excluding hydrogens is 242 g/mol. The summed E-state index contributed by atoms with van der Waals surface area (Å²) in [6, 6.07) is 2.23. The van der Waals surface area contributed by atoms with Crippen LogP contribution in [0.2, 0.25) is 0 Å². The van der Waals surface area contributed by atoms with Crippen molar-refractivity contribution in [2.75, 3.05) is 0 Å². The third-order valence-corrected chi connectivity index (χ3v) is 5.06. The molecule has 2 atom stereocenters. The van der Waals surface area contributed by atoms with Gasteiger partial charge in [-0.1, -0.05) is 32.0 Å². The van der Waals surface area contributed by atoms with Gasteiger partial charge in [-0.15, -0.1) is 0 Å². The monoisotopic (exact) mass is 265 g/mol. The van der Waals surface area contributed by atoms with E-state index in [0.717, 1.165) is 16.5 Å². The Morgan fingerprint density at radius 1 is 1.28 bits per heavy atom. The van der Waals surface area contributed by atoms with E-state index in [1.165, 1.54) is 19.3 Å². The summed E-state index contributed by atoms with van der Waals surface area (Å²) in [7, 11) is 0. The van der Waals surface area contributed by atoms with Gasteiger partial charge in [0.1, 0.15) is 0 Å². The molecule has 2 N–H and O–H groups in total. The molecule has 100 valence electrons. The van der Waals surface area contributed by atoms with Crippen LogP contribution in [0.1, 0.15) is 44.5 Å². The van der Waals surface area contributed by atoms with Crippen molar-refractivity contribution in [1.29, 1.82) is 0 Å². The number of hydrogen-bond acceptors (Lipinski definition) is 4. The van der Waals surface area contributed by atoms with Crippen molar-refractivity contribution in [3.8, 4) is 0 Å². The van der Waals surface area contributed by atoms with E-state index in [1.54, 1.807) is 11.8 Å². The summed E-state index contributed by atoms with van der Waals surface area (Å²) in [5.41, 5.74) is 8.71. The van der Waals surface area contributed by atoms with Crippen molar-refractivity contribution in [3.63, 3.8) is 0 Å². The molecule has 1 saturated carbocycles. The van der Waals surface area contributed by atoms with Gasteiger partial charge in [0.25, 0.3) is 0 Å². The van der Waals surface area contributed by atoms with E-state index in [9.17, 15) is 0 Å². The second-order valence-corrected chi connectivity index (χ2v) is 7.20. The molecule has 0 aromatic carbocycles. The van der Waals surface area contributed by atoms with Crippen LogP contribution in [0.5, 0.6) is 0 Å². The Morgan fingerprint density at radius 3 is 2.50 bits per heavy atom. The largest absolute Gasteiger partial charge is 0.326 e. The van der Waals surface area contributed by atoms with Crippen molar-refractivity contribution < 1.29 is 0 Å². The molecule has 3 nitrogen and oxygen atoms in total. The van der Waals surface area contributed by atoms with Crippen molar-refractivity contribution >= 4 is 11.8 Å². The maximum absolute atomic E-state index is 6.40. The van der Waals surface area contributed by atoms with Crippen molar-refractivity contribution in [2.24, 2.45) is 11.1 Å². The standard InChI is InChI=1S/C14H23N3S/c1-9-8-10(2)17-13(16-9)18-11-6-5-7-14(3,4)12(11)15/h8,11-12H,5-7,15H2,1-4H3. The highest BCUT2D eigenvalue weighted by Gasteiger charge is 2.37. The molecule has 0 saturated heterocycles. The summed E-state index contributed by atoms with van der Waals surface area (Å²) in [5.74, 6) is 0. The number of rotatable bonds is 2. The van der Waals surface area contributed by atoms with Crippen molar-refractivity contribution in [2.45, 2.75) is 63.4 Å². The minimum absolute atomic E-state index is 0.223. The summed E-state index contributed by atoms with van der Waals surface area (Å²) < 4.78 is 0. The minimum atomic E-state index is 0.223. The minimum Gasteiger partial charge on any atom is -0.326 e. The van der Waals surface area contributed by atoms with Gasteiger partial charge >= 0.3 is 0 Å². The maximum atomic E-state index is 6.40. The smallest absolute Gasteiger partial charge is 0.188 e. The Labute approximate surface area is 114 Å². The molecule has 0 bridgehead atoms. The summed E-state index contributed by atoms with van der Waals surface area (Å²) >= 11 is 1.76. The van der Waals surface area contributed by atoms with Crippen LogP contribution >= 0.6 is 11.8 Å². The van der Waals surface area contributed by atoms with Gasteiger partial charge in [0, 0.05) is 22.7 Å².